The Labute approximate surface area is 310 Å². The number of phosphoric ester groups is 1. The maximum absolute atomic E-state index is 12.5. The predicted molar refractivity (Wildman–Crippen MR) is 211 cm³/mol. The Balaban J connectivity index is 3.96. The molecule has 0 heterocycles. The summed E-state index contributed by atoms with van der Waals surface area (Å²) in [6.45, 7) is 4.98. The molecule has 0 amide bonds. The summed E-state index contributed by atoms with van der Waals surface area (Å²) in [7, 11) is -4.26. The molecule has 3 N–H and O–H groups in total. The van der Waals surface area contributed by atoms with Gasteiger partial charge in [-0.25, -0.2) is 4.57 Å². The summed E-state index contributed by atoms with van der Waals surface area (Å²) in [6.07, 6.45) is 39.7. The number of ether oxygens (including phenoxy) is 2. The number of rotatable bonds is 42. The number of carbonyl (C=O) groups excluding carboxylic acids is 1. The maximum atomic E-state index is 12.5. The number of hydrogen-bond donors (Lipinski definition) is 2. The number of esters is 1. The molecule has 0 rings (SSSR count). The molecular weight excluding hydrogens is 649 g/mol. The van der Waals surface area contributed by atoms with E-state index in [1.807, 2.05) is 0 Å². The number of carbonyl (C=O) groups is 1. The molecule has 9 heteroatoms. The highest BCUT2D eigenvalue weighted by Crippen LogP contribution is 2.43. The lowest BCUT2D eigenvalue weighted by Crippen LogP contribution is -2.28. The third kappa shape index (κ3) is 38.7. The van der Waals surface area contributed by atoms with Crippen molar-refractivity contribution in [2.75, 3.05) is 33.0 Å². The molecule has 8 nitrogen and oxygen atoms in total. The van der Waals surface area contributed by atoms with Gasteiger partial charge in [-0.05, 0) is 12.8 Å². The van der Waals surface area contributed by atoms with Gasteiger partial charge in [0.05, 0.1) is 19.8 Å². The lowest BCUT2D eigenvalue weighted by Gasteiger charge is -2.20. The number of hydrogen-bond acceptors (Lipinski definition) is 7. The molecule has 0 aliphatic rings. The largest absolute Gasteiger partial charge is 0.472 e. The maximum Gasteiger partial charge on any atom is 0.472 e. The van der Waals surface area contributed by atoms with Crippen LogP contribution in [0.1, 0.15) is 219 Å². The summed E-state index contributed by atoms with van der Waals surface area (Å²) in [5, 5.41) is 0. The summed E-state index contributed by atoms with van der Waals surface area (Å²) in [5.41, 5.74) is 5.36. The summed E-state index contributed by atoms with van der Waals surface area (Å²) in [5.74, 6) is -0.325. The van der Waals surface area contributed by atoms with Crippen molar-refractivity contribution in [3.8, 4) is 0 Å². The highest BCUT2D eigenvalue weighted by molar-refractivity contribution is 7.47. The molecule has 0 radical (unpaired) electrons. The minimum Gasteiger partial charge on any atom is -0.457 e. The second kappa shape index (κ2) is 39.7. The van der Waals surface area contributed by atoms with Crippen LogP contribution in [0.25, 0.3) is 0 Å². The molecule has 0 aliphatic heterocycles. The summed E-state index contributed by atoms with van der Waals surface area (Å²) in [6, 6.07) is 0. The molecule has 0 fully saturated rings. The SMILES string of the molecule is CCCCCCCCCCCCCCCCCCCCOC[C@H](COP(=O)(O)OCCN)OC(=O)CCCCCCCCCCCCCCC. The van der Waals surface area contributed by atoms with Gasteiger partial charge in [0, 0.05) is 19.6 Å². The van der Waals surface area contributed by atoms with E-state index in [2.05, 4.69) is 13.8 Å². The van der Waals surface area contributed by atoms with Crippen LogP contribution in [0.3, 0.4) is 0 Å². The van der Waals surface area contributed by atoms with Crippen molar-refractivity contribution in [2.24, 2.45) is 5.73 Å². The predicted octanol–water partition coefficient (Wildman–Crippen LogP) is 12.5. The molecule has 0 aromatic heterocycles. The molecule has 0 bridgehead atoms. The molecule has 0 aliphatic carbocycles. The average Bonchev–Trinajstić information content (AvgIpc) is 3.10. The van der Waals surface area contributed by atoms with Crippen LogP contribution in [0.5, 0.6) is 0 Å². The highest BCUT2D eigenvalue weighted by atomic mass is 31.2. The van der Waals surface area contributed by atoms with E-state index in [9.17, 15) is 14.3 Å². The first kappa shape index (κ1) is 49.5. The highest BCUT2D eigenvalue weighted by Gasteiger charge is 2.25. The van der Waals surface area contributed by atoms with Crippen molar-refractivity contribution in [3.63, 3.8) is 0 Å². The zero-order chi connectivity index (χ0) is 36.6. The molecule has 2 atom stereocenters. The third-order valence-electron chi connectivity index (χ3n) is 9.52. The van der Waals surface area contributed by atoms with Gasteiger partial charge in [-0.3, -0.25) is 13.8 Å². The van der Waals surface area contributed by atoms with Gasteiger partial charge in [-0.2, -0.15) is 0 Å². The fourth-order valence-electron chi connectivity index (χ4n) is 6.35. The fourth-order valence-corrected chi connectivity index (χ4v) is 7.12. The molecule has 0 saturated heterocycles. The van der Waals surface area contributed by atoms with Crippen LogP contribution in [-0.4, -0.2) is 49.9 Å². The van der Waals surface area contributed by atoms with Crippen LogP contribution in [0.15, 0.2) is 0 Å². The Bertz CT molecular complexity index is 742. The van der Waals surface area contributed by atoms with Crippen LogP contribution in [0.4, 0.5) is 0 Å². The third-order valence-corrected chi connectivity index (χ3v) is 10.5. The van der Waals surface area contributed by atoms with Gasteiger partial charge in [0.15, 0.2) is 0 Å². The van der Waals surface area contributed by atoms with Gasteiger partial charge in [0.2, 0.25) is 0 Å². The summed E-state index contributed by atoms with van der Waals surface area (Å²) in [4.78, 5) is 22.4. The van der Waals surface area contributed by atoms with Gasteiger partial charge in [-0.1, -0.05) is 200 Å². The van der Waals surface area contributed by atoms with Crippen molar-refractivity contribution in [3.05, 3.63) is 0 Å². The molecule has 0 aromatic carbocycles. The Kier molecular flexibility index (Phi) is 39.3. The lowest BCUT2D eigenvalue weighted by molar-refractivity contribution is -0.154. The van der Waals surface area contributed by atoms with Crippen molar-refractivity contribution in [2.45, 2.75) is 225 Å². The smallest absolute Gasteiger partial charge is 0.457 e. The van der Waals surface area contributed by atoms with Crippen LogP contribution < -0.4 is 5.73 Å². The van der Waals surface area contributed by atoms with Crippen LogP contribution in [-0.2, 0) is 27.9 Å². The Morgan fingerprint density at radius 3 is 1.26 bits per heavy atom. The monoisotopic (exact) mass is 734 g/mol. The second-order valence-electron chi connectivity index (χ2n) is 14.6. The molecule has 1 unspecified atom stereocenters. The van der Waals surface area contributed by atoms with Crippen molar-refractivity contribution in [1.82, 2.24) is 0 Å². The van der Waals surface area contributed by atoms with E-state index >= 15 is 0 Å². The van der Waals surface area contributed by atoms with E-state index in [4.69, 9.17) is 24.3 Å². The van der Waals surface area contributed by atoms with Crippen molar-refractivity contribution < 1.29 is 32.8 Å². The average molecular weight is 734 g/mol. The first-order valence-electron chi connectivity index (χ1n) is 21.5. The number of nitrogens with two attached hydrogens (primary N) is 1. The molecule has 0 saturated carbocycles. The van der Waals surface area contributed by atoms with Gasteiger partial charge in [0.25, 0.3) is 0 Å². The first-order chi connectivity index (χ1) is 24.4. The molecule has 50 heavy (non-hydrogen) atoms. The van der Waals surface area contributed by atoms with Gasteiger partial charge in [-0.15, -0.1) is 0 Å². The minimum absolute atomic E-state index is 0.0901. The van der Waals surface area contributed by atoms with Crippen LogP contribution >= 0.6 is 7.82 Å². The van der Waals surface area contributed by atoms with E-state index in [1.165, 1.54) is 167 Å². The van der Waals surface area contributed by atoms with E-state index < -0.39 is 13.9 Å². The molecular formula is C41H84NO7P. The molecule has 0 spiro atoms. The van der Waals surface area contributed by atoms with Crippen molar-refractivity contribution in [1.29, 1.82) is 0 Å². The zero-order valence-electron chi connectivity index (χ0n) is 33.2. The summed E-state index contributed by atoms with van der Waals surface area (Å²) >= 11 is 0. The second-order valence-corrected chi connectivity index (χ2v) is 16.0. The Morgan fingerprint density at radius 2 is 0.880 bits per heavy atom. The quantitative estimate of drug-likeness (QED) is 0.0362. The van der Waals surface area contributed by atoms with Crippen LogP contribution in [0, 0.1) is 0 Å². The number of phosphoric acid groups is 1. The molecule has 300 valence electrons. The van der Waals surface area contributed by atoms with E-state index in [-0.39, 0.29) is 32.3 Å². The van der Waals surface area contributed by atoms with Crippen molar-refractivity contribution >= 4 is 13.8 Å². The standard InChI is InChI=1S/C41H84NO7P/c1-3-5-7-9-11-13-15-17-18-19-20-21-23-25-27-29-31-33-36-46-38-40(39-48-50(44,45)47-37-35-42)49-41(43)34-32-30-28-26-24-22-16-14-12-10-8-6-4-2/h40H,3-39,42H2,1-2H3,(H,44,45)/t40-/m1/s1. The van der Waals surface area contributed by atoms with E-state index in [0.717, 1.165) is 32.1 Å². The van der Waals surface area contributed by atoms with E-state index in [1.54, 1.807) is 0 Å². The van der Waals surface area contributed by atoms with Gasteiger partial charge in [0.1, 0.15) is 6.10 Å². The summed E-state index contributed by atoms with van der Waals surface area (Å²) < 4.78 is 33.4. The van der Waals surface area contributed by atoms with Crippen LogP contribution in [0.2, 0.25) is 0 Å². The van der Waals surface area contributed by atoms with E-state index in [0.29, 0.717) is 13.0 Å². The number of unbranched alkanes of at least 4 members (excludes halogenated alkanes) is 29. The van der Waals surface area contributed by atoms with Gasteiger partial charge < -0.3 is 20.1 Å². The first-order valence-corrected chi connectivity index (χ1v) is 23.0. The normalized spacial score (nSPS) is 13.4. The molecule has 0 aromatic rings. The Morgan fingerprint density at radius 1 is 0.520 bits per heavy atom. The Hall–Kier alpha value is -0.500. The minimum atomic E-state index is -4.26. The lowest BCUT2D eigenvalue weighted by atomic mass is 10.0. The van der Waals surface area contributed by atoms with Gasteiger partial charge >= 0.3 is 13.8 Å². The fraction of sp³-hybridized carbons (Fsp3) is 0.976. The topological polar surface area (TPSA) is 117 Å². The zero-order valence-corrected chi connectivity index (χ0v) is 34.1.